The van der Waals surface area contributed by atoms with Crippen LogP contribution in [0.4, 0.5) is 0 Å². The van der Waals surface area contributed by atoms with E-state index in [1.54, 1.807) is 0 Å². The quantitative estimate of drug-likeness (QED) is 0.133. The Balaban J connectivity index is 1.18. The van der Waals surface area contributed by atoms with E-state index in [1.165, 1.54) is 37.9 Å². The highest BCUT2D eigenvalue weighted by Gasteiger charge is 2.21. The topological polar surface area (TPSA) is 38.9 Å². The minimum Gasteiger partial charge on any atom is -0.455 e. The van der Waals surface area contributed by atoms with Gasteiger partial charge in [0.1, 0.15) is 11.2 Å². The van der Waals surface area contributed by atoms with Gasteiger partial charge in [-0.15, -0.1) is 0 Å². The molecule has 2 heterocycles. The van der Waals surface area contributed by atoms with E-state index in [1.807, 2.05) is 30.3 Å². The summed E-state index contributed by atoms with van der Waals surface area (Å²) in [6.45, 7) is 0. The molecule has 0 amide bonds. The van der Waals surface area contributed by atoms with Gasteiger partial charge in [-0.05, 0) is 67.2 Å². The van der Waals surface area contributed by atoms with Crippen LogP contribution < -0.4 is 0 Å². The third kappa shape index (κ3) is 5.13. The van der Waals surface area contributed by atoms with Crippen molar-refractivity contribution in [3.05, 3.63) is 194 Å². The Labute approximate surface area is 317 Å². The third-order valence-electron chi connectivity index (χ3n) is 10.9. The zero-order chi connectivity index (χ0) is 36.3. The van der Waals surface area contributed by atoms with Gasteiger partial charge < -0.3 is 4.42 Å². The molecule has 0 aliphatic carbocycles. The van der Waals surface area contributed by atoms with E-state index in [0.29, 0.717) is 5.82 Å². The first-order chi connectivity index (χ1) is 27.3. The Hall–Kier alpha value is -7.36. The standard InChI is InChI=1S/C52H32N2O/c1-2-16-34(17-3-1)52-53-47(39-22-9-8-21-38(39)44-26-14-27-45-41-24-12-13-28-49(41)55-51(44)45)32-48(54-52)40-23-10-11-25-42(40)50-37-20-7-5-18-35(37)31-46-36-19-6-4-15-33(36)29-30-43(46)50/h1-32H. The van der Waals surface area contributed by atoms with E-state index in [-0.39, 0.29) is 0 Å². The molecule has 0 saturated heterocycles. The Morgan fingerprint density at radius 2 is 0.909 bits per heavy atom. The Morgan fingerprint density at radius 1 is 0.327 bits per heavy atom. The number of para-hydroxylation sites is 2. The molecule has 3 heteroatoms. The molecule has 0 fully saturated rings. The summed E-state index contributed by atoms with van der Waals surface area (Å²) in [6.07, 6.45) is 0. The van der Waals surface area contributed by atoms with Gasteiger partial charge >= 0.3 is 0 Å². The molecular weight excluding hydrogens is 669 g/mol. The van der Waals surface area contributed by atoms with Crippen molar-refractivity contribution in [2.45, 2.75) is 0 Å². The molecule has 0 radical (unpaired) electrons. The van der Waals surface area contributed by atoms with E-state index in [4.69, 9.17) is 14.4 Å². The second-order valence-electron chi connectivity index (χ2n) is 14.1. The maximum atomic E-state index is 6.54. The van der Waals surface area contributed by atoms with Gasteiger partial charge in [0, 0.05) is 33.0 Å². The number of fused-ring (bicyclic) bond motifs is 7. The fraction of sp³-hybridized carbons (Fsp3) is 0. The number of furan rings is 1. The van der Waals surface area contributed by atoms with Gasteiger partial charge in [0.2, 0.25) is 0 Å². The third-order valence-corrected chi connectivity index (χ3v) is 10.9. The van der Waals surface area contributed by atoms with Crippen molar-refractivity contribution in [1.29, 1.82) is 0 Å². The molecule has 0 atom stereocenters. The minimum atomic E-state index is 0.674. The number of nitrogens with zero attached hydrogens (tertiary/aromatic N) is 2. The monoisotopic (exact) mass is 700 g/mol. The smallest absolute Gasteiger partial charge is 0.160 e. The van der Waals surface area contributed by atoms with Crippen LogP contribution in [0.25, 0.3) is 110 Å². The van der Waals surface area contributed by atoms with Gasteiger partial charge in [-0.1, -0.05) is 176 Å². The van der Waals surface area contributed by atoms with E-state index in [9.17, 15) is 0 Å². The summed E-state index contributed by atoms with van der Waals surface area (Å²) < 4.78 is 6.54. The normalized spacial score (nSPS) is 11.6. The number of hydrogen-bond acceptors (Lipinski definition) is 3. The first-order valence-corrected chi connectivity index (χ1v) is 18.7. The van der Waals surface area contributed by atoms with E-state index < -0.39 is 0 Å². The molecule has 55 heavy (non-hydrogen) atoms. The van der Waals surface area contributed by atoms with Gasteiger partial charge in [-0.3, -0.25) is 0 Å². The highest BCUT2D eigenvalue weighted by molar-refractivity contribution is 6.21. The lowest BCUT2D eigenvalue weighted by atomic mass is 9.87. The van der Waals surface area contributed by atoms with Gasteiger partial charge in [-0.25, -0.2) is 9.97 Å². The molecule has 0 saturated carbocycles. The van der Waals surface area contributed by atoms with Crippen molar-refractivity contribution in [2.75, 3.05) is 0 Å². The van der Waals surface area contributed by atoms with Gasteiger partial charge in [-0.2, -0.15) is 0 Å². The van der Waals surface area contributed by atoms with Crippen LogP contribution in [0.15, 0.2) is 199 Å². The number of aromatic nitrogens is 2. The summed E-state index contributed by atoms with van der Waals surface area (Å²) in [5.74, 6) is 0.674. The molecular formula is C52H32N2O. The number of benzene rings is 9. The van der Waals surface area contributed by atoms with Crippen molar-refractivity contribution in [1.82, 2.24) is 9.97 Å². The Morgan fingerprint density at radius 3 is 1.71 bits per heavy atom. The van der Waals surface area contributed by atoms with Crippen LogP contribution in [-0.4, -0.2) is 9.97 Å². The zero-order valence-corrected chi connectivity index (χ0v) is 29.8. The second kappa shape index (κ2) is 12.6. The average Bonchev–Trinajstić information content (AvgIpc) is 3.65. The molecule has 3 nitrogen and oxygen atoms in total. The first kappa shape index (κ1) is 31.2. The fourth-order valence-corrected chi connectivity index (χ4v) is 8.38. The Bertz CT molecular complexity index is 3270. The van der Waals surface area contributed by atoms with Crippen LogP contribution in [-0.2, 0) is 0 Å². The molecule has 11 aromatic rings. The van der Waals surface area contributed by atoms with Crippen molar-refractivity contribution in [3.8, 4) is 56.2 Å². The minimum absolute atomic E-state index is 0.674. The lowest BCUT2D eigenvalue weighted by Gasteiger charge is -2.18. The summed E-state index contributed by atoms with van der Waals surface area (Å²) in [7, 11) is 0. The van der Waals surface area contributed by atoms with E-state index >= 15 is 0 Å². The predicted molar refractivity (Wildman–Crippen MR) is 229 cm³/mol. The van der Waals surface area contributed by atoms with Crippen molar-refractivity contribution in [3.63, 3.8) is 0 Å². The van der Waals surface area contributed by atoms with Gasteiger partial charge in [0.15, 0.2) is 5.82 Å². The summed E-state index contributed by atoms with van der Waals surface area (Å²) in [6, 6.07) is 68.5. The van der Waals surface area contributed by atoms with Crippen LogP contribution >= 0.6 is 0 Å². The molecule has 0 unspecified atom stereocenters. The molecule has 0 aliphatic rings. The SMILES string of the molecule is c1ccc(-c2nc(-c3ccccc3-c3c4ccccc4cc4c3ccc3ccccc34)cc(-c3ccccc3-c3cccc4c3oc3ccccc34)n2)cc1. The number of hydrogen-bond donors (Lipinski definition) is 0. The molecule has 9 aromatic carbocycles. The lowest BCUT2D eigenvalue weighted by molar-refractivity contribution is 0.670. The van der Waals surface area contributed by atoms with Crippen LogP contribution in [0.3, 0.4) is 0 Å². The van der Waals surface area contributed by atoms with Crippen LogP contribution in [0.1, 0.15) is 0 Å². The van der Waals surface area contributed by atoms with E-state index in [2.05, 4.69) is 164 Å². The molecule has 0 bridgehead atoms. The molecule has 11 rings (SSSR count). The zero-order valence-electron chi connectivity index (χ0n) is 29.8. The lowest BCUT2D eigenvalue weighted by Crippen LogP contribution is -1.98. The molecule has 0 N–H and O–H groups in total. The second-order valence-corrected chi connectivity index (χ2v) is 14.1. The predicted octanol–water partition coefficient (Wildman–Crippen LogP) is 14.2. The maximum Gasteiger partial charge on any atom is 0.160 e. The molecule has 0 spiro atoms. The van der Waals surface area contributed by atoms with Crippen molar-refractivity contribution >= 4 is 54.3 Å². The Kier molecular flexibility index (Phi) is 7.17. The van der Waals surface area contributed by atoms with Gasteiger partial charge in [0.25, 0.3) is 0 Å². The number of rotatable bonds is 5. The summed E-state index contributed by atoms with van der Waals surface area (Å²) >= 11 is 0. The van der Waals surface area contributed by atoms with Crippen molar-refractivity contribution < 1.29 is 4.42 Å². The average molecular weight is 701 g/mol. The summed E-state index contributed by atoms with van der Waals surface area (Å²) in [5, 5.41) is 9.55. The first-order valence-electron chi connectivity index (χ1n) is 18.7. The molecule has 256 valence electrons. The largest absolute Gasteiger partial charge is 0.455 e. The highest BCUT2D eigenvalue weighted by atomic mass is 16.3. The fourth-order valence-electron chi connectivity index (χ4n) is 8.38. The summed E-state index contributed by atoms with van der Waals surface area (Å²) in [5.41, 5.74) is 10.9. The van der Waals surface area contributed by atoms with Crippen LogP contribution in [0, 0.1) is 0 Å². The van der Waals surface area contributed by atoms with Crippen molar-refractivity contribution in [2.24, 2.45) is 0 Å². The van der Waals surface area contributed by atoms with Crippen LogP contribution in [0.5, 0.6) is 0 Å². The maximum absolute atomic E-state index is 6.54. The van der Waals surface area contributed by atoms with Crippen LogP contribution in [0.2, 0.25) is 0 Å². The van der Waals surface area contributed by atoms with Gasteiger partial charge in [0.05, 0.1) is 11.4 Å². The molecule has 2 aromatic heterocycles. The van der Waals surface area contributed by atoms with E-state index in [0.717, 1.165) is 66.7 Å². The molecule has 0 aliphatic heterocycles. The summed E-state index contributed by atoms with van der Waals surface area (Å²) in [4.78, 5) is 10.7. The highest BCUT2D eigenvalue weighted by Crippen LogP contribution is 2.44.